The van der Waals surface area contributed by atoms with E-state index >= 15 is 0 Å². The number of carbonyl (C=O) groups excluding carboxylic acids is 1. The molecule has 33 heavy (non-hydrogen) atoms. The Morgan fingerprint density at radius 1 is 0.818 bits per heavy atom. The van der Waals surface area contributed by atoms with Crippen LogP contribution in [0.1, 0.15) is 34.7 Å². The van der Waals surface area contributed by atoms with Crippen molar-refractivity contribution in [2.24, 2.45) is 5.92 Å². The van der Waals surface area contributed by atoms with Crippen molar-refractivity contribution in [1.82, 2.24) is 9.13 Å². The van der Waals surface area contributed by atoms with Crippen molar-refractivity contribution in [3.8, 4) is 11.1 Å². The number of rotatable bonds is 6. The van der Waals surface area contributed by atoms with E-state index in [0.29, 0.717) is 35.1 Å². The zero-order chi connectivity index (χ0) is 22.8. The van der Waals surface area contributed by atoms with Crippen LogP contribution in [0.15, 0.2) is 107 Å². The van der Waals surface area contributed by atoms with E-state index in [4.69, 9.17) is 0 Å². The first-order valence-electron chi connectivity index (χ1n) is 11.2. The molecular formula is C28H24N2O3. The van der Waals surface area contributed by atoms with Crippen molar-refractivity contribution in [2.45, 2.75) is 25.3 Å². The summed E-state index contributed by atoms with van der Waals surface area (Å²) in [6, 6.07) is 28.0. The first-order chi connectivity index (χ1) is 16.1. The van der Waals surface area contributed by atoms with Gasteiger partial charge in [-0.25, -0.2) is 4.79 Å². The molecule has 2 atom stereocenters. The van der Waals surface area contributed by atoms with E-state index in [1.807, 2.05) is 48.5 Å². The predicted octanol–water partition coefficient (Wildman–Crippen LogP) is 4.56. The average Bonchev–Trinajstić information content (AvgIpc) is 3.65. The normalized spacial score (nSPS) is 17.0. The lowest BCUT2D eigenvalue weighted by molar-refractivity contribution is 0.0948. The summed E-state index contributed by atoms with van der Waals surface area (Å²) in [4.78, 5) is 39.7. The van der Waals surface area contributed by atoms with Crippen LogP contribution >= 0.6 is 0 Å². The number of hydrogen-bond acceptors (Lipinski definition) is 3. The van der Waals surface area contributed by atoms with Gasteiger partial charge in [0.05, 0.1) is 5.56 Å². The molecule has 0 aliphatic heterocycles. The highest BCUT2D eigenvalue weighted by Gasteiger charge is 2.37. The van der Waals surface area contributed by atoms with E-state index < -0.39 is 17.2 Å². The lowest BCUT2D eigenvalue weighted by Crippen LogP contribution is -2.44. The van der Waals surface area contributed by atoms with E-state index in [9.17, 15) is 14.4 Å². The van der Waals surface area contributed by atoms with Crippen molar-refractivity contribution in [2.75, 3.05) is 0 Å². The summed E-state index contributed by atoms with van der Waals surface area (Å²) < 4.78 is 2.30. The van der Waals surface area contributed by atoms with Crippen LogP contribution in [0.3, 0.4) is 0 Å². The van der Waals surface area contributed by atoms with Crippen molar-refractivity contribution >= 4 is 5.91 Å². The van der Waals surface area contributed by atoms with Crippen LogP contribution in [-0.4, -0.2) is 15.0 Å². The maximum Gasteiger partial charge on any atom is 0.338 e. The molecule has 5 nitrogen and oxygen atoms in total. The fraction of sp³-hybridized carbons (Fsp3) is 0.179. The first-order valence-corrected chi connectivity index (χ1v) is 11.2. The number of benzene rings is 3. The molecule has 1 aliphatic carbocycles. The number of aromatic nitrogens is 2. The van der Waals surface area contributed by atoms with Crippen molar-refractivity contribution < 1.29 is 4.79 Å². The largest absolute Gasteiger partial charge is 0.338 e. The van der Waals surface area contributed by atoms with E-state index in [-0.39, 0.29) is 0 Å². The first kappa shape index (κ1) is 20.9. The maximum atomic E-state index is 13.3. The number of aryl methyl sites for hydroxylation is 1. The van der Waals surface area contributed by atoms with Gasteiger partial charge in [0.15, 0.2) is 0 Å². The highest BCUT2D eigenvalue weighted by Crippen LogP contribution is 2.49. The summed E-state index contributed by atoms with van der Waals surface area (Å²) in [5.41, 5.74) is 1.47. The third-order valence-electron chi connectivity index (χ3n) is 6.36. The SMILES string of the molecule is O=C(c1ccccc1)n1c(=O)c(-c2ccccc2)cn(CC[C@H]2C[C@H]2c2ccccc2)c1=O. The Bertz CT molecular complexity index is 1390. The Kier molecular flexibility index (Phi) is 5.61. The molecule has 1 fully saturated rings. The van der Waals surface area contributed by atoms with Gasteiger partial charge in [0.1, 0.15) is 0 Å². The topological polar surface area (TPSA) is 61.1 Å². The summed E-state index contributed by atoms with van der Waals surface area (Å²) >= 11 is 0. The fourth-order valence-electron chi connectivity index (χ4n) is 4.45. The summed E-state index contributed by atoms with van der Waals surface area (Å²) in [5.74, 6) is 0.391. The molecule has 0 spiro atoms. The van der Waals surface area contributed by atoms with Crippen molar-refractivity contribution in [1.29, 1.82) is 0 Å². The molecule has 1 aliphatic rings. The second-order valence-electron chi connectivity index (χ2n) is 8.50. The van der Waals surface area contributed by atoms with Gasteiger partial charge in [0.25, 0.3) is 11.5 Å². The van der Waals surface area contributed by atoms with Gasteiger partial charge in [-0.2, -0.15) is 4.57 Å². The van der Waals surface area contributed by atoms with E-state index in [0.717, 1.165) is 17.4 Å². The Balaban J connectivity index is 1.50. The molecule has 0 N–H and O–H groups in total. The fourth-order valence-corrected chi connectivity index (χ4v) is 4.45. The molecule has 0 amide bonds. The quantitative estimate of drug-likeness (QED) is 0.445. The molecule has 3 aromatic carbocycles. The summed E-state index contributed by atoms with van der Waals surface area (Å²) in [7, 11) is 0. The predicted molar refractivity (Wildman–Crippen MR) is 128 cm³/mol. The second kappa shape index (κ2) is 8.87. The standard InChI is InChI=1S/C28H24N2O3/c31-26(22-14-8-3-9-15-22)30-27(32)25(21-12-6-2-7-13-21)19-29(28(30)33)17-16-23-18-24(23)20-10-4-1-5-11-20/h1-15,19,23-24H,16-18H2/t23-,24-/m0/s1. The minimum Gasteiger partial charge on any atom is -0.299 e. The van der Waals surface area contributed by atoms with Gasteiger partial charge in [0.2, 0.25) is 0 Å². The van der Waals surface area contributed by atoms with Gasteiger partial charge in [0, 0.05) is 18.3 Å². The lowest BCUT2D eigenvalue weighted by atomic mass is 10.1. The number of carbonyl (C=O) groups is 1. The van der Waals surface area contributed by atoms with Gasteiger partial charge < -0.3 is 0 Å². The third-order valence-corrected chi connectivity index (χ3v) is 6.36. The minimum absolute atomic E-state index is 0.305. The maximum absolute atomic E-state index is 13.3. The van der Waals surface area contributed by atoms with Gasteiger partial charge in [-0.05, 0) is 47.9 Å². The van der Waals surface area contributed by atoms with Gasteiger partial charge >= 0.3 is 5.69 Å². The number of hydrogen-bond donors (Lipinski definition) is 0. The zero-order valence-corrected chi connectivity index (χ0v) is 18.1. The zero-order valence-electron chi connectivity index (χ0n) is 18.1. The Hall–Kier alpha value is -3.99. The lowest BCUT2D eigenvalue weighted by Gasteiger charge is -2.13. The van der Waals surface area contributed by atoms with Gasteiger partial charge in [-0.3, -0.25) is 14.2 Å². The van der Waals surface area contributed by atoms with Crippen molar-refractivity contribution in [3.05, 3.63) is 129 Å². The summed E-state index contributed by atoms with van der Waals surface area (Å²) in [6.45, 7) is 0.453. The van der Waals surface area contributed by atoms with Crippen LogP contribution in [0.5, 0.6) is 0 Å². The second-order valence-corrected chi connectivity index (χ2v) is 8.50. The molecule has 1 aromatic heterocycles. The van der Waals surface area contributed by atoms with Crippen LogP contribution < -0.4 is 11.2 Å². The highest BCUT2D eigenvalue weighted by molar-refractivity contribution is 5.96. The van der Waals surface area contributed by atoms with Crippen LogP contribution in [-0.2, 0) is 6.54 Å². The van der Waals surface area contributed by atoms with E-state index in [1.165, 1.54) is 10.1 Å². The molecule has 1 heterocycles. The number of nitrogens with zero attached hydrogens (tertiary/aromatic N) is 2. The molecule has 0 radical (unpaired) electrons. The van der Waals surface area contributed by atoms with E-state index in [2.05, 4.69) is 12.1 Å². The minimum atomic E-state index is -0.606. The molecule has 5 rings (SSSR count). The van der Waals surface area contributed by atoms with E-state index in [1.54, 1.807) is 36.5 Å². The summed E-state index contributed by atoms with van der Waals surface area (Å²) in [6.07, 6.45) is 3.51. The highest BCUT2D eigenvalue weighted by atomic mass is 16.2. The van der Waals surface area contributed by atoms with Crippen molar-refractivity contribution in [3.63, 3.8) is 0 Å². The summed E-state index contributed by atoms with van der Waals surface area (Å²) in [5, 5.41) is 0. The van der Waals surface area contributed by atoms with Crippen LogP contribution in [0.4, 0.5) is 0 Å². The molecule has 164 valence electrons. The average molecular weight is 437 g/mol. The molecule has 0 unspecified atom stereocenters. The smallest absolute Gasteiger partial charge is 0.299 e. The Labute approximate surface area is 191 Å². The third kappa shape index (κ3) is 4.22. The molecular weight excluding hydrogens is 412 g/mol. The molecule has 1 saturated carbocycles. The van der Waals surface area contributed by atoms with Crippen LogP contribution in [0.25, 0.3) is 11.1 Å². The molecule has 0 saturated heterocycles. The van der Waals surface area contributed by atoms with Crippen LogP contribution in [0, 0.1) is 5.92 Å². The van der Waals surface area contributed by atoms with Gasteiger partial charge in [-0.15, -0.1) is 0 Å². The molecule has 0 bridgehead atoms. The Morgan fingerprint density at radius 2 is 1.42 bits per heavy atom. The molecule has 5 heteroatoms. The molecule has 4 aromatic rings. The Morgan fingerprint density at radius 3 is 2.09 bits per heavy atom. The van der Waals surface area contributed by atoms with Gasteiger partial charge in [-0.1, -0.05) is 78.9 Å². The monoisotopic (exact) mass is 436 g/mol. The van der Waals surface area contributed by atoms with Crippen LogP contribution in [0.2, 0.25) is 0 Å².